The molecule has 0 aliphatic rings. The fraction of sp³-hybridized carbons (Fsp3) is 0.222. The van der Waals surface area contributed by atoms with E-state index in [1.165, 1.54) is 18.2 Å². The maximum absolute atomic E-state index is 12.7. The van der Waals surface area contributed by atoms with Crippen LogP contribution in [0, 0.1) is 17.1 Å². The molecule has 0 aliphatic heterocycles. The first-order valence-electron chi connectivity index (χ1n) is 3.62. The van der Waals surface area contributed by atoms with Gasteiger partial charge in [0.25, 0.3) is 0 Å². The van der Waals surface area contributed by atoms with Crippen molar-refractivity contribution in [3.8, 4) is 11.8 Å². The van der Waals surface area contributed by atoms with Gasteiger partial charge in [-0.1, -0.05) is 0 Å². The first kappa shape index (κ1) is 9.82. The average Bonchev–Trinajstić information content (AvgIpc) is 2.16. The molecule has 0 atom stereocenters. The Kier molecular flexibility index (Phi) is 3.53. The van der Waals surface area contributed by atoms with E-state index in [9.17, 15) is 4.39 Å². The summed E-state index contributed by atoms with van der Waals surface area (Å²) in [6, 6.07) is 5.84. The summed E-state index contributed by atoms with van der Waals surface area (Å²) in [6.45, 7) is -0.0600. The Morgan fingerprint density at radius 2 is 2.31 bits per heavy atom. The van der Waals surface area contributed by atoms with Crippen molar-refractivity contribution in [3.63, 3.8) is 0 Å². The average molecular weight is 200 g/mol. The van der Waals surface area contributed by atoms with Crippen molar-refractivity contribution >= 4 is 11.6 Å². The van der Waals surface area contributed by atoms with E-state index in [4.69, 9.17) is 21.6 Å². The van der Waals surface area contributed by atoms with Crippen LogP contribution in [0.3, 0.4) is 0 Å². The number of halogens is 2. The van der Waals surface area contributed by atoms with Gasteiger partial charge in [-0.3, -0.25) is 0 Å². The molecule has 0 radical (unpaired) electrons. The lowest BCUT2D eigenvalue weighted by Crippen LogP contribution is -1.97. The van der Waals surface area contributed by atoms with E-state index in [2.05, 4.69) is 0 Å². The second-order valence-electron chi connectivity index (χ2n) is 2.33. The van der Waals surface area contributed by atoms with Gasteiger partial charge in [0.05, 0.1) is 5.88 Å². The third-order valence-corrected chi connectivity index (χ3v) is 1.75. The van der Waals surface area contributed by atoms with Crippen LogP contribution in [0.25, 0.3) is 0 Å². The first-order valence-corrected chi connectivity index (χ1v) is 4.15. The second kappa shape index (κ2) is 4.68. The van der Waals surface area contributed by atoms with Gasteiger partial charge in [-0.2, -0.15) is 5.26 Å². The highest BCUT2D eigenvalue weighted by molar-refractivity contribution is 6.17. The number of ether oxygens (including phenoxy) is 1. The highest BCUT2D eigenvalue weighted by atomic mass is 35.5. The number of nitriles is 1. The van der Waals surface area contributed by atoms with Crippen LogP contribution in [-0.4, -0.2) is 6.61 Å². The lowest BCUT2D eigenvalue weighted by molar-refractivity contribution is 0.364. The van der Waals surface area contributed by atoms with Crippen molar-refractivity contribution in [1.82, 2.24) is 0 Å². The third-order valence-electron chi connectivity index (χ3n) is 1.46. The van der Waals surface area contributed by atoms with Crippen molar-refractivity contribution < 1.29 is 9.13 Å². The molecular formula is C9H7ClFNO. The lowest BCUT2D eigenvalue weighted by atomic mass is 10.2. The Morgan fingerprint density at radius 3 is 2.92 bits per heavy atom. The van der Waals surface area contributed by atoms with E-state index < -0.39 is 0 Å². The summed E-state index contributed by atoms with van der Waals surface area (Å²) < 4.78 is 17.7. The molecule has 0 saturated carbocycles. The molecule has 0 amide bonds. The topological polar surface area (TPSA) is 33.0 Å². The van der Waals surface area contributed by atoms with E-state index in [0.717, 1.165) is 0 Å². The summed E-state index contributed by atoms with van der Waals surface area (Å²) in [5.74, 6) is 0.260. The van der Waals surface area contributed by atoms with Gasteiger partial charge in [0.15, 0.2) is 6.61 Å². The van der Waals surface area contributed by atoms with Crippen molar-refractivity contribution in [1.29, 1.82) is 5.26 Å². The summed E-state index contributed by atoms with van der Waals surface area (Å²) >= 11 is 5.55. The summed E-state index contributed by atoms with van der Waals surface area (Å²) in [4.78, 5) is 0. The minimum Gasteiger partial charge on any atom is -0.478 e. The molecule has 0 spiro atoms. The molecule has 0 N–H and O–H groups in total. The maximum Gasteiger partial charge on any atom is 0.174 e. The minimum atomic E-state index is -0.361. The molecular weight excluding hydrogens is 193 g/mol. The van der Waals surface area contributed by atoms with Gasteiger partial charge in [-0.05, 0) is 18.2 Å². The summed E-state index contributed by atoms with van der Waals surface area (Å²) in [6.07, 6.45) is 0. The molecule has 0 aromatic heterocycles. The molecule has 13 heavy (non-hydrogen) atoms. The normalized spacial score (nSPS) is 9.31. The predicted molar refractivity (Wildman–Crippen MR) is 47.1 cm³/mol. The van der Waals surface area contributed by atoms with Crippen LogP contribution in [0.4, 0.5) is 4.39 Å². The van der Waals surface area contributed by atoms with Crippen LogP contribution < -0.4 is 4.74 Å². The SMILES string of the molecule is N#CCOc1ccc(F)cc1CCl. The zero-order chi connectivity index (χ0) is 9.68. The van der Waals surface area contributed by atoms with Crippen LogP contribution in [0.5, 0.6) is 5.75 Å². The molecule has 4 heteroatoms. The van der Waals surface area contributed by atoms with E-state index in [-0.39, 0.29) is 18.3 Å². The standard InChI is InChI=1S/C9H7ClFNO/c10-6-7-5-8(11)1-2-9(7)13-4-3-12/h1-2,5H,4,6H2. The number of nitrogens with zero attached hydrogens (tertiary/aromatic N) is 1. The van der Waals surface area contributed by atoms with Gasteiger partial charge in [-0.25, -0.2) is 4.39 Å². The van der Waals surface area contributed by atoms with E-state index in [1.807, 2.05) is 6.07 Å². The number of hydrogen-bond donors (Lipinski definition) is 0. The van der Waals surface area contributed by atoms with Crippen molar-refractivity contribution in [2.24, 2.45) is 0 Å². The Hall–Kier alpha value is -1.27. The Balaban J connectivity index is 2.87. The fourth-order valence-corrected chi connectivity index (χ4v) is 1.11. The maximum atomic E-state index is 12.7. The van der Waals surface area contributed by atoms with Gasteiger partial charge < -0.3 is 4.74 Å². The van der Waals surface area contributed by atoms with Crippen LogP contribution in [0.2, 0.25) is 0 Å². The van der Waals surface area contributed by atoms with E-state index >= 15 is 0 Å². The minimum absolute atomic E-state index is 0.0600. The highest BCUT2D eigenvalue weighted by Crippen LogP contribution is 2.21. The number of hydrogen-bond acceptors (Lipinski definition) is 2. The number of benzene rings is 1. The van der Waals surface area contributed by atoms with Gasteiger partial charge in [-0.15, -0.1) is 11.6 Å². The molecule has 0 bridgehead atoms. The fourth-order valence-electron chi connectivity index (χ4n) is 0.903. The molecule has 1 aromatic carbocycles. The molecule has 0 aliphatic carbocycles. The Labute approximate surface area is 80.5 Å². The summed E-state index contributed by atoms with van der Waals surface area (Å²) in [5.41, 5.74) is 0.553. The number of alkyl halides is 1. The van der Waals surface area contributed by atoms with Crippen molar-refractivity contribution in [2.45, 2.75) is 5.88 Å². The molecule has 68 valence electrons. The van der Waals surface area contributed by atoms with Gasteiger partial charge in [0.2, 0.25) is 0 Å². The van der Waals surface area contributed by atoms with Crippen molar-refractivity contribution in [3.05, 3.63) is 29.6 Å². The lowest BCUT2D eigenvalue weighted by Gasteiger charge is -2.06. The van der Waals surface area contributed by atoms with Crippen LogP contribution in [-0.2, 0) is 5.88 Å². The van der Waals surface area contributed by atoms with E-state index in [1.54, 1.807) is 0 Å². The van der Waals surface area contributed by atoms with E-state index in [0.29, 0.717) is 11.3 Å². The van der Waals surface area contributed by atoms with Gasteiger partial charge in [0, 0.05) is 5.56 Å². The van der Waals surface area contributed by atoms with Crippen molar-refractivity contribution in [2.75, 3.05) is 6.61 Å². The molecule has 0 saturated heterocycles. The largest absolute Gasteiger partial charge is 0.478 e. The van der Waals surface area contributed by atoms with Crippen LogP contribution in [0.15, 0.2) is 18.2 Å². The third kappa shape index (κ3) is 2.60. The zero-order valence-corrected chi connectivity index (χ0v) is 7.51. The zero-order valence-electron chi connectivity index (χ0n) is 6.76. The smallest absolute Gasteiger partial charge is 0.174 e. The molecule has 0 unspecified atom stereocenters. The monoisotopic (exact) mass is 199 g/mol. The quantitative estimate of drug-likeness (QED) is 0.701. The predicted octanol–water partition coefficient (Wildman–Crippen LogP) is 2.47. The molecule has 2 nitrogen and oxygen atoms in total. The van der Waals surface area contributed by atoms with Gasteiger partial charge in [0.1, 0.15) is 17.6 Å². The summed E-state index contributed by atoms with van der Waals surface area (Å²) in [7, 11) is 0. The second-order valence-corrected chi connectivity index (χ2v) is 2.60. The van der Waals surface area contributed by atoms with Crippen LogP contribution in [0.1, 0.15) is 5.56 Å². The summed E-state index contributed by atoms with van der Waals surface area (Å²) in [5, 5.41) is 8.26. The molecule has 0 heterocycles. The highest BCUT2D eigenvalue weighted by Gasteiger charge is 2.03. The van der Waals surface area contributed by atoms with Crippen LogP contribution >= 0.6 is 11.6 Å². The number of rotatable bonds is 3. The van der Waals surface area contributed by atoms with Gasteiger partial charge >= 0.3 is 0 Å². The Morgan fingerprint density at radius 1 is 1.54 bits per heavy atom. The molecule has 1 rings (SSSR count). The first-order chi connectivity index (χ1) is 6.27. The molecule has 0 fully saturated rings. The Bertz CT molecular complexity index is 335. The molecule has 1 aromatic rings.